The van der Waals surface area contributed by atoms with Crippen LogP contribution in [0.15, 0.2) is 47.4 Å². The molecule has 112 valence electrons. The van der Waals surface area contributed by atoms with Crippen molar-refractivity contribution in [2.75, 3.05) is 17.3 Å². The van der Waals surface area contributed by atoms with Crippen molar-refractivity contribution in [2.24, 2.45) is 5.84 Å². The number of nitrogens with one attached hydrogen (secondary N) is 2. The highest BCUT2D eigenvalue weighted by atomic mass is 32.2. The highest BCUT2D eigenvalue weighted by molar-refractivity contribution is 7.92. The molecule has 2 aromatic rings. The predicted octanol–water partition coefficient (Wildman–Crippen LogP) is 1.92. The van der Waals surface area contributed by atoms with Gasteiger partial charge in [0.05, 0.1) is 18.5 Å². The van der Waals surface area contributed by atoms with E-state index in [1.54, 1.807) is 6.07 Å². The van der Waals surface area contributed by atoms with Crippen LogP contribution in [-0.4, -0.2) is 15.5 Å². The molecule has 4 N–H and O–H groups in total. The molecule has 0 aliphatic heterocycles. The summed E-state index contributed by atoms with van der Waals surface area (Å²) >= 11 is 0. The molecule has 6 nitrogen and oxygen atoms in total. The normalized spacial score (nSPS) is 11.0. The summed E-state index contributed by atoms with van der Waals surface area (Å²) in [5.74, 6) is 4.90. The molecule has 0 spiro atoms. The van der Waals surface area contributed by atoms with E-state index in [-0.39, 0.29) is 16.3 Å². The zero-order valence-electron chi connectivity index (χ0n) is 11.1. The van der Waals surface area contributed by atoms with Gasteiger partial charge >= 0.3 is 0 Å². The van der Waals surface area contributed by atoms with Gasteiger partial charge in [0.25, 0.3) is 10.0 Å². The third-order valence-electron chi connectivity index (χ3n) is 2.75. The Morgan fingerprint density at radius 2 is 1.86 bits per heavy atom. The van der Waals surface area contributed by atoms with Crippen LogP contribution in [0.25, 0.3) is 0 Å². The van der Waals surface area contributed by atoms with Gasteiger partial charge < -0.3 is 10.2 Å². The van der Waals surface area contributed by atoms with Gasteiger partial charge in [0.2, 0.25) is 0 Å². The van der Waals surface area contributed by atoms with Crippen LogP contribution in [0.5, 0.6) is 5.75 Å². The Balaban J connectivity index is 2.42. The zero-order chi connectivity index (χ0) is 15.5. The number of anilines is 2. The zero-order valence-corrected chi connectivity index (χ0v) is 11.9. The van der Waals surface area contributed by atoms with Crippen LogP contribution >= 0.6 is 0 Å². The second-order valence-electron chi connectivity index (χ2n) is 4.09. The Labute approximate surface area is 121 Å². The molecule has 0 bridgehead atoms. The Hall–Kier alpha value is -2.32. The maximum Gasteiger partial charge on any atom is 0.264 e. The van der Waals surface area contributed by atoms with E-state index >= 15 is 0 Å². The fourth-order valence-corrected chi connectivity index (χ4v) is 2.96. The number of hydrogen-bond acceptors (Lipinski definition) is 5. The maximum absolute atomic E-state index is 13.7. The average Bonchev–Trinajstić information content (AvgIpc) is 2.49. The van der Waals surface area contributed by atoms with E-state index < -0.39 is 15.8 Å². The first-order valence-electron chi connectivity index (χ1n) is 5.90. The van der Waals surface area contributed by atoms with Crippen molar-refractivity contribution in [1.29, 1.82) is 0 Å². The molecule has 0 atom stereocenters. The third kappa shape index (κ3) is 3.23. The van der Waals surface area contributed by atoms with Gasteiger partial charge in [-0.2, -0.15) is 0 Å². The number of halogens is 1. The highest BCUT2D eigenvalue weighted by Gasteiger charge is 2.20. The average molecular weight is 311 g/mol. The van der Waals surface area contributed by atoms with E-state index in [4.69, 9.17) is 10.6 Å². The minimum absolute atomic E-state index is 0.0882. The van der Waals surface area contributed by atoms with Crippen molar-refractivity contribution in [1.82, 2.24) is 0 Å². The SMILES string of the molecule is COc1ccc(F)c(NS(=O)(=O)c2ccccc2NN)c1. The van der Waals surface area contributed by atoms with Gasteiger partial charge in [-0.15, -0.1) is 0 Å². The number of benzene rings is 2. The van der Waals surface area contributed by atoms with Crippen LogP contribution in [-0.2, 0) is 10.0 Å². The fraction of sp³-hybridized carbons (Fsp3) is 0.0769. The molecule has 0 aliphatic rings. The fourth-order valence-electron chi connectivity index (χ4n) is 1.73. The first kappa shape index (κ1) is 15.1. The van der Waals surface area contributed by atoms with Crippen molar-refractivity contribution in [2.45, 2.75) is 4.90 Å². The Morgan fingerprint density at radius 3 is 2.52 bits per heavy atom. The Morgan fingerprint density at radius 1 is 1.14 bits per heavy atom. The second kappa shape index (κ2) is 5.98. The maximum atomic E-state index is 13.7. The van der Waals surface area contributed by atoms with E-state index in [0.717, 1.165) is 6.07 Å². The summed E-state index contributed by atoms with van der Waals surface area (Å²) < 4.78 is 45.5. The number of para-hydroxylation sites is 1. The second-order valence-corrected chi connectivity index (χ2v) is 5.74. The smallest absolute Gasteiger partial charge is 0.264 e. The predicted molar refractivity (Wildman–Crippen MR) is 78.0 cm³/mol. The van der Waals surface area contributed by atoms with Crippen molar-refractivity contribution in [3.05, 3.63) is 48.3 Å². The topological polar surface area (TPSA) is 93.4 Å². The lowest BCUT2D eigenvalue weighted by Crippen LogP contribution is -2.18. The molecular formula is C13H14FN3O3S. The molecule has 2 aromatic carbocycles. The molecule has 0 unspecified atom stereocenters. The standard InChI is InChI=1S/C13H14FN3O3S/c1-20-9-6-7-10(14)12(8-9)17-21(18,19)13-5-3-2-4-11(13)16-15/h2-8,16-17H,15H2,1H3. The van der Waals surface area contributed by atoms with Gasteiger partial charge in [0.15, 0.2) is 0 Å². The third-order valence-corrected chi connectivity index (χ3v) is 4.17. The lowest BCUT2D eigenvalue weighted by atomic mass is 10.3. The summed E-state index contributed by atoms with van der Waals surface area (Å²) in [6.07, 6.45) is 0. The van der Waals surface area contributed by atoms with Crippen LogP contribution in [0.3, 0.4) is 0 Å². The summed E-state index contributed by atoms with van der Waals surface area (Å²) in [7, 11) is -2.59. The van der Waals surface area contributed by atoms with Gasteiger partial charge in [-0.1, -0.05) is 12.1 Å². The Bertz CT molecular complexity index is 750. The summed E-state index contributed by atoms with van der Waals surface area (Å²) in [5, 5.41) is 0. The molecule has 21 heavy (non-hydrogen) atoms. The van der Waals surface area contributed by atoms with Crippen molar-refractivity contribution in [3.63, 3.8) is 0 Å². The number of nitrogens with two attached hydrogens (primary N) is 1. The van der Waals surface area contributed by atoms with E-state index in [0.29, 0.717) is 5.75 Å². The van der Waals surface area contributed by atoms with E-state index in [2.05, 4.69) is 10.1 Å². The molecule has 0 heterocycles. The monoisotopic (exact) mass is 311 g/mol. The lowest BCUT2D eigenvalue weighted by Gasteiger charge is -2.13. The molecule has 0 fully saturated rings. The van der Waals surface area contributed by atoms with Crippen LogP contribution in [0.4, 0.5) is 15.8 Å². The number of hydrogen-bond donors (Lipinski definition) is 3. The molecular weight excluding hydrogens is 297 g/mol. The lowest BCUT2D eigenvalue weighted by molar-refractivity contribution is 0.414. The summed E-state index contributed by atoms with van der Waals surface area (Å²) in [6.45, 7) is 0. The minimum Gasteiger partial charge on any atom is -0.497 e. The number of ether oxygens (including phenoxy) is 1. The Kier molecular flexibility index (Phi) is 4.29. The number of rotatable bonds is 5. The van der Waals surface area contributed by atoms with Crippen molar-refractivity contribution in [3.8, 4) is 5.75 Å². The van der Waals surface area contributed by atoms with Crippen molar-refractivity contribution < 1.29 is 17.5 Å². The van der Waals surface area contributed by atoms with Crippen LogP contribution < -0.4 is 20.7 Å². The molecule has 8 heteroatoms. The van der Waals surface area contributed by atoms with E-state index in [9.17, 15) is 12.8 Å². The number of sulfonamides is 1. The van der Waals surface area contributed by atoms with Gasteiger partial charge in [0.1, 0.15) is 16.5 Å². The first-order valence-corrected chi connectivity index (χ1v) is 7.38. The molecule has 0 aromatic heterocycles. The first-order chi connectivity index (χ1) is 9.97. The molecule has 0 radical (unpaired) electrons. The summed E-state index contributed by atoms with van der Waals surface area (Å²) in [4.78, 5) is -0.0882. The van der Waals surface area contributed by atoms with Gasteiger partial charge in [-0.3, -0.25) is 10.6 Å². The number of methoxy groups -OCH3 is 1. The minimum atomic E-state index is -3.99. The van der Waals surface area contributed by atoms with Crippen molar-refractivity contribution >= 4 is 21.4 Å². The molecule has 2 rings (SSSR count). The van der Waals surface area contributed by atoms with Gasteiger partial charge in [-0.05, 0) is 24.3 Å². The molecule has 0 saturated carbocycles. The largest absolute Gasteiger partial charge is 0.497 e. The summed E-state index contributed by atoms with van der Waals surface area (Å²) in [6, 6.07) is 9.78. The van der Waals surface area contributed by atoms with Crippen LogP contribution in [0.2, 0.25) is 0 Å². The van der Waals surface area contributed by atoms with Gasteiger partial charge in [0, 0.05) is 6.07 Å². The van der Waals surface area contributed by atoms with Gasteiger partial charge in [-0.25, -0.2) is 12.8 Å². The van der Waals surface area contributed by atoms with Crippen LogP contribution in [0.1, 0.15) is 0 Å². The summed E-state index contributed by atoms with van der Waals surface area (Å²) in [5.41, 5.74) is 2.28. The quantitative estimate of drug-likeness (QED) is 0.579. The van der Waals surface area contributed by atoms with E-state index in [1.807, 2.05) is 0 Å². The number of hydrazine groups is 1. The number of nitrogen functional groups attached to an aromatic ring is 1. The molecule has 0 aliphatic carbocycles. The van der Waals surface area contributed by atoms with Crippen LogP contribution in [0, 0.1) is 5.82 Å². The molecule has 0 amide bonds. The highest BCUT2D eigenvalue weighted by Crippen LogP contribution is 2.26. The van der Waals surface area contributed by atoms with E-state index in [1.165, 1.54) is 37.4 Å². The molecule has 0 saturated heterocycles.